The van der Waals surface area contributed by atoms with Gasteiger partial charge in [-0.25, -0.2) is 9.97 Å². The van der Waals surface area contributed by atoms with E-state index in [0.717, 1.165) is 11.0 Å². The zero-order valence-electron chi connectivity index (χ0n) is 9.95. The number of fused-ring (bicyclic) bond motifs is 1. The molecule has 0 saturated heterocycles. The molecule has 0 fully saturated rings. The second-order valence-electron chi connectivity index (χ2n) is 3.95. The Bertz CT molecular complexity index is 757. The van der Waals surface area contributed by atoms with Crippen LogP contribution in [0.2, 0.25) is 0 Å². The second kappa shape index (κ2) is 4.10. The maximum atomic E-state index is 12.2. The van der Waals surface area contributed by atoms with Gasteiger partial charge in [-0.05, 0) is 19.1 Å². The van der Waals surface area contributed by atoms with Gasteiger partial charge in [0.05, 0.1) is 11.0 Å². The predicted molar refractivity (Wildman–Crippen MR) is 68.8 cm³/mol. The van der Waals surface area contributed by atoms with Gasteiger partial charge in [0.2, 0.25) is 5.82 Å². The zero-order chi connectivity index (χ0) is 12.5. The van der Waals surface area contributed by atoms with Crippen molar-refractivity contribution >= 4 is 11.0 Å². The highest BCUT2D eigenvalue weighted by Gasteiger charge is 2.09. The van der Waals surface area contributed by atoms with Crippen LogP contribution in [0.3, 0.4) is 0 Å². The van der Waals surface area contributed by atoms with Crippen LogP contribution in [0.5, 0.6) is 0 Å². The number of aromatic nitrogens is 4. The minimum Gasteiger partial charge on any atom is -0.311 e. The number of benzene rings is 1. The number of aryl methyl sites for hydroxylation is 1. The molecule has 0 unspecified atom stereocenters. The molecule has 0 amide bonds. The molecule has 0 N–H and O–H groups in total. The van der Waals surface area contributed by atoms with Crippen molar-refractivity contribution in [3.63, 3.8) is 0 Å². The van der Waals surface area contributed by atoms with Crippen molar-refractivity contribution in [2.75, 3.05) is 0 Å². The summed E-state index contributed by atoms with van der Waals surface area (Å²) in [4.78, 5) is 20.6. The molecule has 5 nitrogen and oxygen atoms in total. The molecule has 1 aromatic carbocycles. The van der Waals surface area contributed by atoms with Crippen LogP contribution in [-0.4, -0.2) is 19.1 Å². The largest absolute Gasteiger partial charge is 0.311 e. The summed E-state index contributed by atoms with van der Waals surface area (Å²) in [6, 6.07) is 7.67. The van der Waals surface area contributed by atoms with E-state index in [-0.39, 0.29) is 5.56 Å². The Morgan fingerprint density at radius 1 is 1.22 bits per heavy atom. The molecule has 0 atom stereocenters. The monoisotopic (exact) mass is 240 g/mol. The first-order chi connectivity index (χ1) is 8.81. The molecule has 0 aliphatic rings. The van der Waals surface area contributed by atoms with Gasteiger partial charge in [-0.15, -0.1) is 0 Å². The van der Waals surface area contributed by atoms with E-state index in [9.17, 15) is 4.79 Å². The Balaban J connectivity index is 2.30. The molecule has 2 aromatic heterocycles. The number of imidazole rings is 1. The number of rotatable bonds is 2. The van der Waals surface area contributed by atoms with Gasteiger partial charge in [0.1, 0.15) is 6.33 Å². The lowest BCUT2D eigenvalue weighted by Gasteiger charge is -2.05. The van der Waals surface area contributed by atoms with Crippen molar-refractivity contribution in [3.8, 4) is 5.82 Å². The summed E-state index contributed by atoms with van der Waals surface area (Å²) in [6.45, 7) is 2.55. The van der Waals surface area contributed by atoms with Gasteiger partial charge in [-0.3, -0.25) is 9.36 Å². The molecule has 0 aliphatic carbocycles. The van der Waals surface area contributed by atoms with Crippen LogP contribution in [0.25, 0.3) is 16.9 Å². The summed E-state index contributed by atoms with van der Waals surface area (Å²) >= 11 is 0. The third kappa shape index (κ3) is 1.52. The molecule has 0 bridgehead atoms. The Morgan fingerprint density at radius 3 is 2.89 bits per heavy atom. The second-order valence-corrected chi connectivity index (χ2v) is 3.95. The highest BCUT2D eigenvalue weighted by molar-refractivity contribution is 5.76. The predicted octanol–water partition coefficient (Wildman–Crippen LogP) is 1.60. The van der Waals surface area contributed by atoms with Gasteiger partial charge in [0, 0.05) is 18.9 Å². The molecular weight excluding hydrogens is 228 g/mol. The summed E-state index contributed by atoms with van der Waals surface area (Å²) in [5.74, 6) is 0.382. The lowest BCUT2D eigenvalue weighted by molar-refractivity contribution is 0.707. The number of hydrogen-bond acceptors (Lipinski definition) is 3. The molecule has 5 heteroatoms. The zero-order valence-corrected chi connectivity index (χ0v) is 9.95. The smallest absolute Gasteiger partial charge is 0.294 e. The van der Waals surface area contributed by atoms with Gasteiger partial charge in [-0.2, -0.15) is 0 Å². The Kier molecular flexibility index (Phi) is 2.44. The van der Waals surface area contributed by atoms with Crippen LogP contribution in [0, 0.1) is 0 Å². The third-order valence-electron chi connectivity index (χ3n) is 2.92. The van der Waals surface area contributed by atoms with Crippen molar-refractivity contribution in [2.24, 2.45) is 0 Å². The normalized spacial score (nSPS) is 10.9. The Labute approximate surface area is 103 Å². The average molecular weight is 240 g/mol. The maximum absolute atomic E-state index is 12.2. The van der Waals surface area contributed by atoms with Crippen molar-refractivity contribution in [1.29, 1.82) is 0 Å². The molecule has 3 rings (SSSR count). The van der Waals surface area contributed by atoms with Gasteiger partial charge in [0.15, 0.2) is 0 Å². The van der Waals surface area contributed by atoms with Crippen molar-refractivity contribution in [1.82, 2.24) is 19.1 Å². The number of nitrogens with zero attached hydrogens (tertiary/aromatic N) is 4. The molecular formula is C13H12N4O. The third-order valence-corrected chi connectivity index (χ3v) is 2.92. The SMILES string of the molecule is CCn1ccnc(-n2cnc3ccccc32)c1=O. The molecule has 18 heavy (non-hydrogen) atoms. The van der Waals surface area contributed by atoms with E-state index >= 15 is 0 Å². The van der Waals surface area contributed by atoms with E-state index in [1.54, 1.807) is 27.9 Å². The standard InChI is InChI=1S/C13H12N4O/c1-2-16-8-7-14-12(13(16)18)17-9-15-10-5-3-4-6-11(10)17/h3-9H,2H2,1H3. The topological polar surface area (TPSA) is 52.7 Å². The van der Waals surface area contributed by atoms with E-state index in [2.05, 4.69) is 9.97 Å². The van der Waals surface area contributed by atoms with Gasteiger partial charge < -0.3 is 4.57 Å². The average Bonchev–Trinajstić information content (AvgIpc) is 2.83. The molecule has 2 heterocycles. The van der Waals surface area contributed by atoms with Gasteiger partial charge in [0.25, 0.3) is 5.56 Å². The van der Waals surface area contributed by atoms with Crippen molar-refractivity contribution < 1.29 is 0 Å². The highest BCUT2D eigenvalue weighted by Crippen LogP contribution is 2.13. The van der Waals surface area contributed by atoms with Crippen LogP contribution >= 0.6 is 0 Å². The first-order valence-electron chi connectivity index (χ1n) is 5.79. The minimum absolute atomic E-state index is 0.108. The van der Waals surface area contributed by atoms with Crippen molar-refractivity contribution in [2.45, 2.75) is 13.5 Å². The fourth-order valence-electron chi connectivity index (χ4n) is 1.98. The van der Waals surface area contributed by atoms with Crippen LogP contribution < -0.4 is 5.56 Å². The highest BCUT2D eigenvalue weighted by atomic mass is 16.1. The molecule has 0 aliphatic heterocycles. The summed E-state index contributed by atoms with van der Waals surface area (Å²) in [5, 5.41) is 0. The van der Waals surface area contributed by atoms with E-state index < -0.39 is 0 Å². The lowest BCUT2D eigenvalue weighted by atomic mass is 10.3. The molecule has 90 valence electrons. The van der Waals surface area contributed by atoms with E-state index in [0.29, 0.717) is 12.4 Å². The lowest BCUT2D eigenvalue weighted by Crippen LogP contribution is -2.24. The summed E-state index contributed by atoms with van der Waals surface area (Å²) in [6.07, 6.45) is 4.95. The number of hydrogen-bond donors (Lipinski definition) is 0. The summed E-state index contributed by atoms with van der Waals surface area (Å²) < 4.78 is 3.35. The van der Waals surface area contributed by atoms with E-state index in [1.807, 2.05) is 31.2 Å². The van der Waals surface area contributed by atoms with Gasteiger partial charge in [-0.1, -0.05) is 12.1 Å². The van der Waals surface area contributed by atoms with Gasteiger partial charge >= 0.3 is 0 Å². The number of para-hydroxylation sites is 2. The molecule has 0 spiro atoms. The molecule has 0 radical (unpaired) electrons. The fraction of sp³-hybridized carbons (Fsp3) is 0.154. The van der Waals surface area contributed by atoms with Crippen molar-refractivity contribution in [3.05, 3.63) is 53.3 Å². The van der Waals surface area contributed by atoms with Crippen LogP contribution in [0.1, 0.15) is 6.92 Å². The van der Waals surface area contributed by atoms with E-state index in [1.165, 1.54) is 0 Å². The first-order valence-corrected chi connectivity index (χ1v) is 5.79. The Hall–Kier alpha value is -2.43. The minimum atomic E-state index is -0.108. The Morgan fingerprint density at radius 2 is 2.06 bits per heavy atom. The quantitative estimate of drug-likeness (QED) is 0.683. The van der Waals surface area contributed by atoms with Crippen LogP contribution in [0.4, 0.5) is 0 Å². The molecule has 0 saturated carbocycles. The molecule has 3 aromatic rings. The van der Waals surface area contributed by atoms with Crippen LogP contribution in [0.15, 0.2) is 47.8 Å². The van der Waals surface area contributed by atoms with Crippen LogP contribution in [-0.2, 0) is 6.54 Å². The summed E-state index contributed by atoms with van der Waals surface area (Å²) in [7, 11) is 0. The van der Waals surface area contributed by atoms with E-state index in [4.69, 9.17) is 0 Å². The maximum Gasteiger partial charge on any atom is 0.294 e. The fourth-order valence-corrected chi connectivity index (χ4v) is 1.98. The summed E-state index contributed by atoms with van der Waals surface area (Å²) in [5.41, 5.74) is 1.63. The first kappa shape index (κ1) is 10.7.